The van der Waals surface area contributed by atoms with Crippen LogP contribution >= 0.6 is 0 Å². The first kappa shape index (κ1) is 12.9. The van der Waals surface area contributed by atoms with E-state index in [2.05, 4.69) is 5.10 Å². The average molecular weight is 262 g/mol. The van der Waals surface area contributed by atoms with Gasteiger partial charge in [-0.15, -0.1) is 0 Å². The summed E-state index contributed by atoms with van der Waals surface area (Å²) in [6.45, 7) is 3.91. The van der Waals surface area contributed by atoms with Gasteiger partial charge in [-0.2, -0.15) is 5.10 Å². The minimum atomic E-state index is -0.485. The molecule has 0 aliphatic carbocycles. The number of nitrogen functional groups attached to an aromatic ring is 1. The molecule has 0 radical (unpaired) electrons. The largest absolute Gasteiger partial charge is 0.434 e. The molecule has 1 heterocycles. The van der Waals surface area contributed by atoms with Crippen LogP contribution in [0.2, 0.25) is 0 Å². The van der Waals surface area contributed by atoms with Gasteiger partial charge in [0.2, 0.25) is 0 Å². The zero-order valence-electron chi connectivity index (χ0n) is 10.7. The molecule has 2 aromatic rings. The van der Waals surface area contributed by atoms with E-state index in [0.717, 1.165) is 0 Å². The second-order valence-electron chi connectivity index (χ2n) is 3.98. The number of benzene rings is 1. The molecule has 19 heavy (non-hydrogen) atoms. The van der Waals surface area contributed by atoms with Gasteiger partial charge in [-0.25, -0.2) is 4.68 Å². The molecule has 0 spiro atoms. The van der Waals surface area contributed by atoms with Crippen LogP contribution in [0, 0.1) is 17.0 Å². The Hall–Kier alpha value is -2.57. The van der Waals surface area contributed by atoms with Gasteiger partial charge in [0.1, 0.15) is 11.4 Å². The topological polar surface area (TPSA) is 96.2 Å². The molecule has 7 heteroatoms. The van der Waals surface area contributed by atoms with E-state index in [0.29, 0.717) is 23.7 Å². The highest BCUT2D eigenvalue weighted by Crippen LogP contribution is 2.34. The summed E-state index contributed by atoms with van der Waals surface area (Å²) in [5, 5.41) is 15.2. The predicted molar refractivity (Wildman–Crippen MR) is 70.2 cm³/mol. The van der Waals surface area contributed by atoms with Crippen LogP contribution in [0.25, 0.3) is 0 Å². The van der Waals surface area contributed by atoms with Gasteiger partial charge < -0.3 is 10.5 Å². The number of hydrogen-bond donors (Lipinski definition) is 1. The smallest absolute Gasteiger partial charge is 0.353 e. The van der Waals surface area contributed by atoms with E-state index in [1.165, 1.54) is 4.68 Å². The van der Waals surface area contributed by atoms with Crippen LogP contribution < -0.4 is 10.5 Å². The van der Waals surface area contributed by atoms with Crippen molar-refractivity contribution in [3.8, 4) is 11.6 Å². The van der Waals surface area contributed by atoms with Crippen LogP contribution in [-0.4, -0.2) is 14.7 Å². The molecule has 0 unspecified atom stereocenters. The molecule has 0 aliphatic heterocycles. The lowest BCUT2D eigenvalue weighted by Crippen LogP contribution is -2.01. The fraction of sp³-hybridized carbons (Fsp3) is 0.250. The number of aryl methyl sites for hydroxylation is 2. The molecule has 2 N–H and O–H groups in total. The lowest BCUT2D eigenvalue weighted by Gasteiger charge is -2.06. The summed E-state index contributed by atoms with van der Waals surface area (Å²) < 4.78 is 7.03. The molecule has 7 nitrogen and oxygen atoms in total. The number of nitro groups is 1. The van der Waals surface area contributed by atoms with E-state index >= 15 is 0 Å². The van der Waals surface area contributed by atoms with Crippen LogP contribution in [0.3, 0.4) is 0 Å². The number of nitrogens with zero attached hydrogens (tertiary/aromatic N) is 3. The second kappa shape index (κ2) is 4.97. The van der Waals surface area contributed by atoms with E-state index in [4.69, 9.17) is 10.5 Å². The lowest BCUT2D eigenvalue weighted by molar-refractivity contribution is -0.386. The average Bonchev–Trinajstić information content (AvgIpc) is 2.68. The van der Waals surface area contributed by atoms with Crippen LogP contribution in [-0.2, 0) is 6.54 Å². The zero-order chi connectivity index (χ0) is 14.0. The molecule has 0 saturated heterocycles. The summed E-state index contributed by atoms with van der Waals surface area (Å²) in [6, 6.07) is 6.64. The minimum Gasteiger partial charge on any atom is -0.434 e. The zero-order valence-corrected chi connectivity index (χ0v) is 10.7. The minimum absolute atomic E-state index is 0.112. The summed E-state index contributed by atoms with van der Waals surface area (Å²) >= 11 is 0. The van der Waals surface area contributed by atoms with Crippen molar-refractivity contribution in [2.45, 2.75) is 20.4 Å². The number of anilines is 1. The fourth-order valence-corrected chi connectivity index (χ4v) is 1.72. The Morgan fingerprint density at radius 3 is 2.58 bits per heavy atom. The van der Waals surface area contributed by atoms with Crippen LogP contribution in [0.4, 0.5) is 11.4 Å². The first-order chi connectivity index (χ1) is 9.02. The Morgan fingerprint density at radius 2 is 2.05 bits per heavy atom. The Kier molecular flexibility index (Phi) is 3.37. The van der Waals surface area contributed by atoms with E-state index in [1.54, 1.807) is 31.2 Å². The third-order valence-corrected chi connectivity index (χ3v) is 2.63. The summed E-state index contributed by atoms with van der Waals surface area (Å²) in [5.41, 5.74) is 6.39. The molecule has 0 fully saturated rings. The Balaban J connectivity index is 2.43. The molecular formula is C12H14N4O3. The molecule has 0 saturated carbocycles. The van der Waals surface area contributed by atoms with Crippen LogP contribution in [0.1, 0.15) is 12.6 Å². The standard InChI is InChI=1S/C12H14N4O3/c1-3-15-12(11(16(17)18)8(2)14-15)19-10-6-4-9(13)5-7-10/h4-7H,3,13H2,1-2H3. The lowest BCUT2D eigenvalue weighted by atomic mass is 10.3. The number of nitrogens with two attached hydrogens (primary N) is 1. The van der Waals surface area contributed by atoms with Crippen molar-refractivity contribution in [1.82, 2.24) is 9.78 Å². The van der Waals surface area contributed by atoms with Gasteiger partial charge in [0.05, 0.1) is 4.92 Å². The van der Waals surface area contributed by atoms with Gasteiger partial charge in [-0.1, -0.05) is 0 Å². The predicted octanol–water partition coefficient (Wildman–Crippen LogP) is 2.49. The van der Waals surface area contributed by atoms with E-state index in [9.17, 15) is 10.1 Å². The first-order valence-electron chi connectivity index (χ1n) is 5.78. The SMILES string of the molecule is CCn1nc(C)c([N+](=O)[O-])c1Oc1ccc(N)cc1. The number of rotatable bonds is 4. The highest BCUT2D eigenvalue weighted by atomic mass is 16.6. The maximum atomic E-state index is 11.1. The number of aromatic nitrogens is 2. The third-order valence-electron chi connectivity index (χ3n) is 2.63. The molecule has 0 amide bonds. The van der Waals surface area contributed by atoms with E-state index < -0.39 is 4.92 Å². The monoisotopic (exact) mass is 262 g/mol. The molecule has 0 atom stereocenters. The van der Waals surface area contributed by atoms with E-state index in [1.807, 2.05) is 6.92 Å². The van der Waals surface area contributed by atoms with Gasteiger partial charge in [-0.3, -0.25) is 10.1 Å². The number of hydrogen-bond acceptors (Lipinski definition) is 5. The van der Waals surface area contributed by atoms with Crippen LogP contribution in [0.5, 0.6) is 11.6 Å². The van der Waals surface area contributed by atoms with Crippen molar-refractivity contribution in [2.24, 2.45) is 0 Å². The van der Waals surface area contributed by atoms with Gasteiger partial charge in [0.25, 0.3) is 5.88 Å². The van der Waals surface area contributed by atoms with Gasteiger partial charge in [-0.05, 0) is 38.1 Å². The second-order valence-corrected chi connectivity index (χ2v) is 3.98. The first-order valence-corrected chi connectivity index (χ1v) is 5.78. The molecule has 1 aromatic carbocycles. The third kappa shape index (κ3) is 2.49. The summed E-state index contributed by atoms with van der Waals surface area (Å²) in [4.78, 5) is 10.6. The highest BCUT2D eigenvalue weighted by Gasteiger charge is 2.26. The summed E-state index contributed by atoms with van der Waals surface area (Å²) in [5.74, 6) is 0.613. The summed E-state index contributed by atoms with van der Waals surface area (Å²) in [6.07, 6.45) is 0. The Bertz CT molecular complexity index is 604. The van der Waals surface area contributed by atoms with Crippen molar-refractivity contribution < 1.29 is 9.66 Å². The number of ether oxygens (including phenoxy) is 1. The normalized spacial score (nSPS) is 10.4. The van der Waals surface area contributed by atoms with Gasteiger partial charge in [0.15, 0.2) is 0 Å². The summed E-state index contributed by atoms with van der Waals surface area (Å²) in [7, 11) is 0. The van der Waals surface area contributed by atoms with Crippen molar-refractivity contribution >= 4 is 11.4 Å². The molecule has 100 valence electrons. The van der Waals surface area contributed by atoms with Gasteiger partial charge >= 0.3 is 5.69 Å². The van der Waals surface area contributed by atoms with Crippen molar-refractivity contribution in [3.63, 3.8) is 0 Å². The van der Waals surface area contributed by atoms with Gasteiger partial charge in [0, 0.05) is 12.2 Å². The molecule has 0 aliphatic rings. The molecule has 2 rings (SSSR count). The Morgan fingerprint density at radius 1 is 1.42 bits per heavy atom. The van der Waals surface area contributed by atoms with Crippen LogP contribution in [0.15, 0.2) is 24.3 Å². The highest BCUT2D eigenvalue weighted by molar-refractivity contribution is 5.49. The quantitative estimate of drug-likeness (QED) is 0.518. The van der Waals surface area contributed by atoms with Crippen molar-refractivity contribution in [2.75, 3.05) is 5.73 Å². The maximum absolute atomic E-state index is 11.1. The van der Waals surface area contributed by atoms with E-state index in [-0.39, 0.29) is 11.6 Å². The molecule has 0 bridgehead atoms. The molecular weight excluding hydrogens is 248 g/mol. The molecule has 1 aromatic heterocycles. The Labute approximate surface area is 109 Å². The van der Waals surface area contributed by atoms with Crippen molar-refractivity contribution in [1.29, 1.82) is 0 Å². The fourth-order valence-electron chi connectivity index (χ4n) is 1.72. The van der Waals surface area contributed by atoms with Crippen molar-refractivity contribution in [3.05, 3.63) is 40.1 Å². The maximum Gasteiger partial charge on any atom is 0.353 e.